The fourth-order valence-electron chi connectivity index (χ4n) is 2.38. The van der Waals surface area contributed by atoms with E-state index >= 15 is 0 Å². The summed E-state index contributed by atoms with van der Waals surface area (Å²) in [6, 6.07) is 5.55. The molecule has 1 saturated heterocycles. The van der Waals surface area contributed by atoms with E-state index in [-0.39, 0.29) is 12.7 Å². The minimum Gasteiger partial charge on any atom is -0.394 e. The second-order valence-electron chi connectivity index (χ2n) is 4.85. The number of hydrogen-bond acceptors (Lipinski definition) is 4. The number of hydrogen-bond donors (Lipinski definition) is 1. The maximum Gasteiger partial charge on any atom is 0.215 e. The van der Waals surface area contributed by atoms with Gasteiger partial charge in [-0.05, 0) is 12.1 Å². The molecule has 2 heterocycles. The van der Waals surface area contributed by atoms with Crippen molar-refractivity contribution in [3.8, 4) is 0 Å². The van der Waals surface area contributed by atoms with Gasteiger partial charge in [0.1, 0.15) is 6.10 Å². The molecule has 0 radical (unpaired) electrons. The first kappa shape index (κ1) is 15.0. The average Bonchev–Trinajstić information content (AvgIpc) is 3.09. The first-order valence-corrected chi connectivity index (χ1v) is 7.64. The van der Waals surface area contributed by atoms with Crippen molar-refractivity contribution >= 4 is 27.5 Å². The van der Waals surface area contributed by atoms with Crippen molar-refractivity contribution in [2.75, 3.05) is 13.2 Å². The number of ether oxygens (including phenoxy) is 2. The number of imidazole rings is 1. The van der Waals surface area contributed by atoms with E-state index in [4.69, 9.17) is 21.1 Å². The number of aromatic nitrogens is 2. The molecule has 0 spiro atoms. The Balaban J connectivity index is 1.99. The lowest BCUT2D eigenvalue weighted by molar-refractivity contribution is -0.189. The molecule has 2 atom stereocenters. The molecule has 0 amide bonds. The number of aliphatic hydroxyl groups is 1. The van der Waals surface area contributed by atoms with Crippen molar-refractivity contribution in [1.29, 1.82) is 0 Å². The predicted octanol–water partition coefficient (Wildman–Crippen LogP) is 2.56. The zero-order chi connectivity index (χ0) is 14.9. The van der Waals surface area contributed by atoms with E-state index in [2.05, 4.69) is 20.9 Å². The molecule has 112 valence electrons. The summed E-state index contributed by atoms with van der Waals surface area (Å²) in [7, 11) is 0. The van der Waals surface area contributed by atoms with Gasteiger partial charge in [-0.25, -0.2) is 4.98 Å². The first-order valence-electron chi connectivity index (χ1n) is 6.47. The highest BCUT2D eigenvalue weighted by Crippen LogP contribution is 2.40. The Morgan fingerprint density at radius 2 is 2.38 bits per heavy atom. The minimum atomic E-state index is -1.02. The highest BCUT2D eigenvalue weighted by atomic mass is 79.9. The van der Waals surface area contributed by atoms with Gasteiger partial charge in [0, 0.05) is 22.4 Å². The lowest BCUT2D eigenvalue weighted by Gasteiger charge is -2.29. The molecular formula is C14H14BrClN2O3. The third kappa shape index (κ3) is 3.00. The number of nitrogens with zero attached hydrogens (tertiary/aromatic N) is 2. The van der Waals surface area contributed by atoms with Crippen LogP contribution in [-0.2, 0) is 21.8 Å². The van der Waals surface area contributed by atoms with E-state index in [9.17, 15) is 5.11 Å². The molecule has 1 N–H and O–H groups in total. The Kier molecular flexibility index (Phi) is 4.33. The standard InChI is InChI=1S/C14H14BrClN2O3/c15-10-1-2-12(13(16)5-10)14(8-18-4-3-17-9-18)20-7-11(6-19)21-14/h1-5,9,11,19H,6-8H2/t11-,14-/m1/s1. The summed E-state index contributed by atoms with van der Waals surface area (Å²) in [6.45, 7) is 0.627. The second kappa shape index (κ2) is 6.06. The normalized spacial score (nSPS) is 25.4. The van der Waals surface area contributed by atoms with Crippen LogP contribution in [0.15, 0.2) is 41.4 Å². The van der Waals surface area contributed by atoms with Crippen LogP contribution < -0.4 is 0 Å². The fourth-order valence-corrected chi connectivity index (χ4v) is 3.20. The molecule has 1 aliphatic rings. The van der Waals surface area contributed by atoms with Crippen molar-refractivity contribution in [3.63, 3.8) is 0 Å². The molecule has 1 fully saturated rings. The number of halogens is 2. The largest absolute Gasteiger partial charge is 0.394 e. The SMILES string of the molecule is OC[C@@H]1CO[C@@](Cn2ccnc2)(c2ccc(Br)cc2Cl)O1. The summed E-state index contributed by atoms with van der Waals surface area (Å²) in [5.41, 5.74) is 0.733. The van der Waals surface area contributed by atoms with Gasteiger partial charge in [-0.1, -0.05) is 33.6 Å². The maximum absolute atomic E-state index is 9.32. The van der Waals surface area contributed by atoms with Gasteiger partial charge in [0.15, 0.2) is 0 Å². The summed E-state index contributed by atoms with van der Waals surface area (Å²) in [5.74, 6) is -1.02. The molecule has 0 unspecified atom stereocenters. The van der Waals surface area contributed by atoms with Crippen LogP contribution in [0, 0.1) is 0 Å². The smallest absolute Gasteiger partial charge is 0.215 e. The van der Waals surface area contributed by atoms with Gasteiger partial charge < -0.3 is 19.1 Å². The lowest BCUT2D eigenvalue weighted by atomic mass is 10.1. The molecule has 1 aromatic heterocycles. The predicted molar refractivity (Wildman–Crippen MR) is 81.0 cm³/mol. The first-order chi connectivity index (χ1) is 10.1. The van der Waals surface area contributed by atoms with Gasteiger partial charge in [0.2, 0.25) is 5.79 Å². The summed E-state index contributed by atoms with van der Waals surface area (Å²) >= 11 is 9.74. The molecule has 1 aromatic carbocycles. The van der Waals surface area contributed by atoms with Crippen LogP contribution in [0.25, 0.3) is 0 Å². The van der Waals surface area contributed by atoms with Crippen molar-refractivity contribution in [1.82, 2.24) is 9.55 Å². The van der Waals surface area contributed by atoms with E-state index in [0.717, 1.165) is 10.0 Å². The van der Waals surface area contributed by atoms with Gasteiger partial charge in [-0.15, -0.1) is 0 Å². The lowest BCUT2D eigenvalue weighted by Crippen LogP contribution is -2.34. The van der Waals surface area contributed by atoms with Crippen LogP contribution in [-0.4, -0.2) is 34.0 Å². The molecule has 1 aliphatic heterocycles. The van der Waals surface area contributed by atoms with Gasteiger partial charge in [-0.2, -0.15) is 0 Å². The highest BCUT2D eigenvalue weighted by Gasteiger charge is 2.44. The van der Waals surface area contributed by atoms with Gasteiger partial charge in [0.25, 0.3) is 0 Å². The molecule has 3 rings (SSSR count). The van der Waals surface area contributed by atoms with Crippen molar-refractivity contribution in [2.24, 2.45) is 0 Å². The molecule has 0 bridgehead atoms. The molecule has 21 heavy (non-hydrogen) atoms. The minimum absolute atomic E-state index is 0.0974. The Morgan fingerprint density at radius 1 is 1.52 bits per heavy atom. The van der Waals surface area contributed by atoms with Gasteiger partial charge in [-0.3, -0.25) is 0 Å². The fraction of sp³-hybridized carbons (Fsp3) is 0.357. The van der Waals surface area contributed by atoms with Crippen molar-refractivity contribution in [3.05, 3.63) is 52.0 Å². The van der Waals surface area contributed by atoms with Gasteiger partial charge in [0.05, 0.1) is 31.1 Å². The Labute approximate surface area is 135 Å². The van der Waals surface area contributed by atoms with Crippen molar-refractivity contribution < 1.29 is 14.6 Å². The summed E-state index contributed by atoms with van der Waals surface area (Å²) in [6.07, 6.45) is 4.84. The van der Waals surface area contributed by atoms with Crippen LogP contribution in [0.4, 0.5) is 0 Å². The third-order valence-electron chi connectivity index (χ3n) is 3.35. The Bertz CT molecular complexity index is 623. The molecule has 5 nitrogen and oxygen atoms in total. The molecular weight excluding hydrogens is 360 g/mol. The van der Waals surface area contributed by atoms with Crippen LogP contribution >= 0.6 is 27.5 Å². The van der Waals surface area contributed by atoms with Crippen LogP contribution in [0.3, 0.4) is 0 Å². The monoisotopic (exact) mass is 372 g/mol. The summed E-state index contributed by atoms with van der Waals surface area (Å²) < 4.78 is 14.6. The van der Waals surface area contributed by atoms with E-state index < -0.39 is 5.79 Å². The van der Waals surface area contributed by atoms with Gasteiger partial charge >= 0.3 is 0 Å². The number of aliphatic hydroxyl groups excluding tert-OH is 1. The quantitative estimate of drug-likeness (QED) is 0.895. The number of rotatable bonds is 4. The van der Waals surface area contributed by atoms with Crippen LogP contribution in [0.1, 0.15) is 5.56 Å². The zero-order valence-corrected chi connectivity index (χ0v) is 13.4. The summed E-state index contributed by atoms with van der Waals surface area (Å²) in [5, 5.41) is 9.86. The van der Waals surface area contributed by atoms with E-state index in [0.29, 0.717) is 18.2 Å². The van der Waals surface area contributed by atoms with Crippen molar-refractivity contribution in [2.45, 2.75) is 18.4 Å². The Hall–Kier alpha value is -0.920. The topological polar surface area (TPSA) is 56.5 Å². The molecule has 2 aromatic rings. The summed E-state index contributed by atoms with van der Waals surface area (Å²) in [4.78, 5) is 4.03. The van der Waals surface area contributed by atoms with E-state index in [1.54, 1.807) is 18.6 Å². The van der Waals surface area contributed by atoms with E-state index in [1.807, 2.05) is 22.9 Å². The second-order valence-corrected chi connectivity index (χ2v) is 6.17. The van der Waals surface area contributed by atoms with E-state index in [1.165, 1.54) is 0 Å². The molecule has 0 aliphatic carbocycles. The van der Waals surface area contributed by atoms with Crippen LogP contribution in [0.5, 0.6) is 0 Å². The average molecular weight is 374 g/mol. The van der Waals surface area contributed by atoms with Crippen LogP contribution in [0.2, 0.25) is 5.02 Å². The molecule has 0 saturated carbocycles. The highest BCUT2D eigenvalue weighted by molar-refractivity contribution is 9.10. The third-order valence-corrected chi connectivity index (χ3v) is 4.16. The molecule has 7 heteroatoms. The maximum atomic E-state index is 9.32. The Morgan fingerprint density at radius 3 is 3.00 bits per heavy atom. The zero-order valence-electron chi connectivity index (χ0n) is 11.1. The number of benzene rings is 1.